The van der Waals surface area contributed by atoms with E-state index < -0.39 is 42.5 Å². The molecular weight excluding hydrogens is 414 g/mol. The maximum absolute atomic E-state index is 12.9. The minimum absolute atomic E-state index is 0.208. The molecule has 0 saturated carbocycles. The van der Waals surface area contributed by atoms with Crippen molar-refractivity contribution in [2.75, 3.05) is 24.5 Å². The molecule has 32 heavy (non-hydrogen) atoms. The number of nitrogens with one attached hydrogen (secondary N) is 1. The molecule has 0 aliphatic carbocycles. The smallest absolute Gasteiger partial charge is 0.323 e. The number of carbonyl (C=O) groups is 3. The topological polar surface area (TPSA) is 142 Å². The van der Waals surface area contributed by atoms with E-state index in [4.69, 9.17) is 10.5 Å². The molecule has 2 aliphatic heterocycles. The van der Waals surface area contributed by atoms with Crippen molar-refractivity contribution < 1.29 is 29.3 Å². The molecule has 2 atom stereocenters. The highest BCUT2D eigenvalue weighted by molar-refractivity contribution is 6.00. The zero-order valence-electron chi connectivity index (χ0n) is 18.3. The summed E-state index contributed by atoms with van der Waals surface area (Å²) in [5.74, 6) is -3.03. The fraction of sp³-hybridized carbons (Fsp3) is 0.609. The van der Waals surface area contributed by atoms with Gasteiger partial charge in [0.25, 0.3) is 0 Å². The predicted octanol–water partition coefficient (Wildman–Crippen LogP) is 2.19. The molecule has 9 heteroatoms. The fourth-order valence-corrected chi connectivity index (χ4v) is 4.68. The van der Waals surface area contributed by atoms with Crippen LogP contribution in [0.1, 0.15) is 51.4 Å². The first kappa shape index (κ1) is 24.0. The summed E-state index contributed by atoms with van der Waals surface area (Å²) >= 11 is 0. The highest BCUT2D eigenvalue weighted by Gasteiger charge is 2.47. The lowest BCUT2D eigenvalue weighted by Gasteiger charge is -2.33. The van der Waals surface area contributed by atoms with Crippen molar-refractivity contribution in [2.45, 2.75) is 57.1 Å². The van der Waals surface area contributed by atoms with Crippen molar-refractivity contribution >= 4 is 23.5 Å². The Morgan fingerprint density at radius 1 is 1.19 bits per heavy atom. The number of piperidine rings is 1. The normalized spacial score (nSPS) is 22.5. The van der Waals surface area contributed by atoms with Crippen LogP contribution in [-0.2, 0) is 14.4 Å². The molecule has 1 amide bonds. The second-order valence-electron chi connectivity index (χ2n) is 8.80. The van der Waals surface area contributed by atoms with Crippen LogP contribution in [0.3, 0.4) is 0 Å². The number of fused-ring (bicyclic) bond motifs is 1. The first-order chi connectivity index (χ1) is 15.3. The van der Waals surface area contributed by atoms with Crippen molar-refractivity contribution in [3.8, 4) is 5.75 Å². The van der Waals surface area contributed by atoms with Crippen LogP contribution >= 0.6 is 0 Å². The Bertz CT molecular complexity index is 826. The molecule has 3 rings (SSSR count). The minimum atomic E-state index is -1.76. The van der Waals surface area contributed by atoms with Gasteiger partial charge in [0.15, 0.2) is 5.72 Å². The van der Waals surface area contributed by atoms with E-state index in [2.05, 4.69) is 5.32 Å². The van der Waals surface area contributed by atoms with Crippen molar-refractivity contribution in [1.29, 1.82) is 0 Å². The Labute approximate surface area is 187 Å². The Morgan fingerprint density at radius 2 is 1.91 bits per heavy atom. The number of carboxylic acids is 2. The number of aliphatic carboxylic acids is 2. The third-order valence-corrected chi connectivity index (χ3v) is 6.43. The Kier molecular flexibility index (Phi) is 8.09. The zero-order chi connectivity index (χ0) is 23.1. The molecular formula is C23H33N3O6. The summed E-state index contributed by atoms with van der Waals surface area (Å²) in [5.41, 5.74) is 4.94. The van der Waals surface area contributed by atoms with Crippen LogP contribution in [-0.4, -0.2) is 53.4 Å². The van der Waals surface area contributed by atoms with Gasteiger partial charge < -0.3 is 20.3 Å². The molecule has 9 nitrogen and oxygen atoms in total. The van der Waals surface area contributed by atoms with Gasteiger partial charge in [0.1, 0.15) is 18.2 Å². The van der Waals surface area contributed by atoms with E-state index in [0.29, 0.717) is 6.42 Å². The second kappa shape index (κ2) is 10.8. The summed E-state index contributed by atoms with van der Waals surface area (Å²) < 4.78 is 5.94. The average Bonchev–Trinajstić information content (AvgIpc) is 2.85. The van der Waals surface area contributed by atoms with Crippen LogP contribution < -0.4 is 20.7 Å². The summed E-state index contributed by atoms with van der Waals surface area (Å²) in [6.45, 7) is 1.57. The van der Waals surface area contributed by atoms with Gasteiger partial charge in [-0.1, -0.05) is 37.8 Å². The lowest BCUT2D eigenvalue weighted by molar-refractivity contribution is -0.152. The number of anilines is 1. The van der Waals surface area contributed by atoms with Crippen LogP contribution in [0.25, 0.3) is 0 Å². The molecule has 1 fully saturated rings. The molecule has 5 N–H and O–H groups in total. The van der Waals surface area contributed by atoms with Crippen LogP contribution in [0.15, 0.2) is 24.3 Å². The van der Waals surface area contributed by atoms with Crippen molar-refractivity contribution in [1.82, 2.24) is 5.32 Å². The maximum Gasteiger partial charge on any atom is 0.323 e. The van der Waals surface area contributed by atoms with Gasteiger partial charge in [-0.3, -0.25) is 25.0 Å². The lowest BCUT2D eigenvalue weighted by Crippen LogP contribution is -2.57. The number of hydrogen-bond acceptors (Lipinski definition) is 6. The van der Waals surface area contributed by atoms with E-state index in [-0.39, 0.29) is 17.9 Å². The number of para-hydroxylation sites is 2. The number of unbranched alkanes of at least 4 members (excludes halogenated alkanes) is 2. The van der Waals surface area contributed by atoms with Crippen molar-refractivity contribution in [2.24, 2.45) is 17.6 Å². The predicted molar refractivity (Wildman–Crippen MR) is 118 cm³/mol. The number of amides is 1. The van der Waals surface area contributed by atoms with E-state index in [1.165, 1.54) is 12.8 Å². The number of benzene rings is 1. The first-order valence-corrected chi connectivity index (χ1v) is 11.3. The molecule has 1 saturated heterocycles. The molecule has 0 spiro atoms. The van der Waals surface area contributed by atoms with E-state index in [1.54, 1.807) is 24.3 Å². The largest absolute Gasteiger partial charge is 0.481 e. The van der Waals surface area contributed by atoms with E-state index in [1.807, 2.05) is 0 Å². The van der Waals surface area contributed by atoms with E-state index >= 15 is 0 Å². The third-order valence-electron chi connectivity index (χ3n) is 6.43. The number of rotatable bonds is 10. The van der Waals surface area contributed by atoms with Crippen LogP contribution in [0.4, 0.5) is 5.69 Å². The molecule has 2 heterocycles. The number of ether oxygens (including phenoxy) is 1. The summed E-state index contributed by atoms with van der Waals surface area (Å²) in [7, 11) is 0. The zero-order valence-corrected chi connectivity index (χ0v) is 18.3. The standard InChI is InChI=1S/C23H33N3O6/c24-23(17(22(30)31)7-3-1-2-6-16-10-12-25-13-11-16)14-20(27)26(15-21(28)29)18-8-4-5-9-19(18)32-23/h4-5,8-9,16-17,25H,1-3,6-7,10-15,24H2,(H,28,29)(H,30,31)/t17?,23-/m0/s1. The molecule has 1 aromatic carbocycles. The average molecular weight is 448 g/mol. The number of hydrogen-bond donors (Lipinski definition) is 4. The van der Waals surface area contributed by atoms with Crippen molar-refractivity contribution in [3.63, 3.8) is 0 Å². The Hall–Kier alpha value is -2.65. The molecule has 2 aliphatic rings. The lowest BCUT2D eigenvalue weighted by atomic mass is 9.86. The summed E-state index contributed by atoms with van der Waals surface area (Å²) in [5, 5.41) is 22.5. The molecule has 176 valence electrons. The maximum atomic E-state index is 12.9. The highest BCUT2D eigenvalue weighted by Crippen LogP contribution is 2.38. The van der Waals surface area contributed by atoms with Gasteiger partial charge in [0.05, 0.1) is 12.1 Å². The van der Waals surface area contributed by atoms with Crippen molar-refractivity contribution in [3.05, 3.63) is 24.3 Å². The SMILES string of the molecule is N[C@@]1(C(CCCCCC2CCNCC2)C(=O)O)CC(=O)N(CC(=O)O)c2ccccc2O1. The van der Waals surface area contributed by atoms with Gasteiger partial charge in [-0.15, -0.1) is 0 Å². The first-order valence-electron chi connectivity index (χ1n) is 11.3. The van der Waals surface area contributed by atoms with Gasteiger partial charge >= 0.3 is 11.9 Å². The highest BCUT2D eigenvalue weighted by atomic mass is 16.5. The molecule has 0 aromatic heterocycles. The number of nitrogens with two attached hydrogens (primary N) is 1. The number of carboxylic acid groups (broad SMARTS) is 2. The fourth-order valence-electron chi connectivity index (χ4n) is 4.68. The number of carbonyl (C=O) groups excluding carboxylic acids is 1. The number of nitrogens with zero attached hydrogens (tertiary/aromatic N) is 1. The van der Waals surface area contributed by atoms with Gasteiger partial charge in [-0.2, -0.15) is 0 Å². The third kappa shape index (κ3) is 5.98. The van der Waals surface area contributed by atoms with Gasteiger partial charge in [-0.05, 0) is 50.4 Å². The Morgan fingerprint density at radius 3 is 2.59 bits per heavy atom. The van der Waals surface area contributed by atoms with Gasteiger partial charge in [-0.25, -0.2) is 0 Å². The molecule has 0 bridgehead atoms. The van der Waals surface area contributed by atoms with Crippen LogP contribution in [0.2, 0.25) is 0 Å². The minimum Gasteiger partial charge on any atom is -0.481 e. The van der Waals surface area contributed by atoms with E-state index in [0.717, 1.165) is 43.2 Å². The quantitative estimate of drug-likeness (QED) is 0.400. The molecule has 1 unspecified atom stereocenters. The summed E-state index contributed by atoms with van der Waals surface area (Å²) in [6.07, 6.45) is 5.97. The summed E-state index contributed by atoms with van der Waals surface area (Å²) in [6, 6.07) is 6.47. The van der Waals surface area contributed by atoms with Crippen LogP contribution in [0, 0.1) is 11.8 Å². The second-order valence-corrected chi connectivity index (χ2v) is 8.80. The molecule has 0 radical (unpaired) electrons. The monoisotopic (exact) mass is 447 g/mol. The molecule has 1 aromatic rings. The van der Waals surface area contributed by atoms with Crippen LogP contribution in [0.5, 0.6) is 5.75 Å². The summed E-state index contributed by atoms with van der Waals surface area (Å²) in [4.78, 5) is 37.4. The Balaban J connectivity index is 1.67. The van der Waals surface area contributed by atoms with E-state index in [9.17, 15) is 24.6 Å². The van der Waals surface area contributed by atoms with Gasteiger partial charge in [0, 0.05) is 0 Å². The van der Waals surface area contributed by atoms with Gasteiger partial charge in [0.2, 0.25) is 5.91 Å².